The molecule has 1 aromatic heterocycles. The van der Waals surface area contributed by atoms with Crippen molar-refractivity contribution < 1.29 is 4.74 Å². The van der Waals surface area contributed by atoms with Crippen molar-refractivity contribution >= 4 is 10.9 Å². The topological polar surface area (TPSA) is 48.1 Å². The standard InChI is InChI=1S/C18H18N2O/c1-2-17(19)13-5-8-15(9-6-13)21-16-10-7-14-4-3-11-20-18(14)12-16/h3-12,17H,2,19H2,1H3. The summed E-state index contributed by atoms with van der Waals surface area (Å²) in [5.41, 5.74) is 8.07. The van der Waals surface area contributed by atoms with Gasteiger partial charge in [0.15, 0.2) is 0 Å². The summed E-state index contributed by atoms with van der Waals surface area (Å²) in [7, 11) is 0. The van der Waals surface area contributed by atoms with Gasteiger partial charge in [-0.05, 0) is 42.3 Å². The smallest absolute Gasteiger partial charge is 0.129 e. The Hall–Kier alpha value is -2.39. The molecule has 3 aromatic rings. The molecule has 2 N–H and O–H groups in total. The number of nitrogens with two attached hydrogens (primary N) is 1. The Balaban J connectivity index is 1.81. The Kier molecular flexibility index (Phi) is 3.84. The molecule has 3 rings (SSSR count). The zero-order chi connectivity index (χ0) is 14.7. The van der Waals surface area contributed by atoms with Crippen LogP contribution in [0.5, 0.6) is 11.5 Å². The number of hydrogen-bond acceptors (Lipinski definition) is 3. The lowest BCUT2D eigenvalue weighted by Gasteiger charge is -2.11. The molecule has 1 unspecified atom stereocenters. The highest BCUT2D eigenvalue weighted by molar-refractivity contribution is 5.79. The minimum atomic E-state index is 0.0870. The average Bonchev–Trinajstić information content (AvgIpc) is 2.55. The van der Waals surface area contributed by atoms with Gasteiger partial charge in [-0.25, -0.2) is 0 Å². The molecule has 0 fully saturated rings. The van der Waals surface area contributed by atoms with Crippen LogP contribution in [-0.2, 0) is 0 Å². The SMILES string of the molecule is CCC(N)c1ccc(Oc2ccc3cccnc3c2)cc1. The van der Waals surface area contributed by atoms with Crippen molar-refractivity contribution in [1.82, 2.24) is 4.98 Å². The van der Waals surface area contributed by atoms with Gasteiger partial charge in [-0.15, -0.1) is 0 Å². The van der Waals surface area contributed by atoms with Crippen molar-refractivity contribution in [2.75, 3.05) is 0 Å². The van der Waals surface area contributed by atoms with Gasteiger partial charge >= 0.3 is 0 Å². The van der Waals surface area contributed by atoms with E-state index in [-0.39, 0.29) is 6.04 Å². The van der Waals surface area contributed by atoms with Crippen LogP contribution in [-0.4, -0.2) is 4.98 Å². The second-order valence-corrected chi connectivity index (χ2v) is 5.04. The van der Waals surface area contributed by atoms with Gasteiger partial charge in [0, 0.05) is 23.7 Å². The largest absolute Gasteiger partial charge is 0.457 e. The maximum Gasteiger partial charge on any atom is 0.129 e. The summed E-state index contributed by atoms with van der Waals surface area (Å²) >= 11 is 0. The van der Waals surface area contributed by atoms with E-state index < -0.39 is 0 Å². The van der Waals surface area contributed by atoms with Gasteiger partial charge in [0.05, 0.1) is 5.52 Å². The van der Waals surface area contributed by atoms with Crippen molar-refractivity contribution in [2.45, 2.75) is 19.4 Å². The first-order valence-electron chi connectivity index (χ1n) is 7.14. The van der Waals surface area contributed by atoms with E-state index >= 15 is 0 Å². The first-order valence-corrected chi connectivity index (χ1v) is 7.14. The number of rotatable bonds is 4. The predicted molar refractivity (Wildman–Crippen MR) is 85.5 cm³/mol. The summed E-state index contributed by atoms with van der Waals surface area (Å²) in [6.07, 6.45) is 2.71. The first-order chi connectivity index (χ1) is 10.3. The minimum absolute atomic E-state index is 0.0870. The number of ether oxygens (including phenoxy) is 1. The zero-order valence-corrected chi connectivity index (χ0v) is 12.0. The Bertz CT molecular complexity index is 738. The fraction of sp³-hybridized carbons (Fsp3) is 0.167. The van der Waals surface area contributed by atoms with E-state index in [0.717, 1.165) is 34.4 Å². The monoisotopic (exact) mass is 278 g/mol. The van der Waals surface area contributed by atoms with E-state index in [1.807, 2.05) is 54.6 Å². The van der Waals surface area contributed by atoms with Gasteiger partial charge in [-0.3, -0.25) is 4.98 Å². The Morgan fingerprint density at radius 3 is 2.57 bits per heavy atom. The fourth-order valence-corrected chi connectivity index (χ4v) is 2.26. The van der Waals surface area contributed by atoms with Crippen molar-refractivity contribution in [3.63, 3.8) is 0 Å². The van der Waals surface area contributed by atoms with E-state index in [0.29, 0.717) is 0 Å². The number of nitrogens with zero attached hydrogens (tertiary/aromatic N) is 1. The lowest BCUT2D eigenvalue weighted by molar-refractivity contribution is 0.483. The predicted octanol–water partition coefficient (Wildman–Crippen LogP) is 4.44. The molecule has 0 amide bonds. The van der Waals surface area contributed by atoms with Gasteiger partial charge in [0.1, 0.15) is 11.5 Å². The molecule has 0 aliphatic heterocycles. The number of benzene rings is 2. The van der Waals surface area contributed by atoms with Crippen molar-refractivity contribution in [3.8, 4) is 11.5 Å². The van der Waals surface area contributed by atoms with E-state index in [1.54, 1.807) is 6.20 Å². The van der Waals surface area contributed by atoms with Crippen LogP contribution in [0, 0.1) is 0 Å². The Morgan fingerprint density at radius 1 is 1.05 bits per heavy atom. The number of hydrogen-bond donors (Lipinski definition) is 1. The van der Waals surface area contributed by atoms with Crippen LogP contribution in [0.2, 0.25) is 0 Å². The summed E-state index contributed by atoms with van der Waals surface area (Å²) < 4.78 is 5.87. The van der Waals surface area contributed by atoms with Crippen molar-refractivity contribution in [1.29, 1.82) is 0 Å². The summed E-state index contributed by atoms with van der Waals surface area (Å²) in [5, 5.41) is 1.11. The molecule has 3 nitrogen and oxygen atoms in total. The number of fused-ring (bicyclic) bond motifs is 1. The fourth-order valence-electron chi connectivity index (χ4n) is 2.26. The highest BCUT2D eigenvalue weighted by Crippen LogP contribution is 2.26. The molecule has 0 spiro atoms. The van der Waals surface area contributed by atoms with E-state index in [2.05, 4.69) is 11.9 Å². The molecule has 2 aromatic carbocycles. The third-order valence-electron chi connectivity index (χ3n) is 3.56. The van der Waals surface area contributed by atoms with Crippen LogP contribution >= 0.6 is 0 Å². The maximum atomic E-state index is 6.01. The normalized spacial score (nSPS) is 12.3. The molecule has 106 valence electrons. The molecule has 3 heteroatoms. The van der Waals surface area contributed by atoms with Gasteiger partial charge in [-0.1, -0.05) is 25.1 Å². The maximum absolute atomic E-state index is 6.01. The lowest BCUT2D eigenvalue weighted by atomic mass is 10.1. The van der Waals surface area contributed by atoms with Crippen LogP contribution in [0.1, 0.15) is 24.9 Å². The van der Waals surface area contributed by atoms with Gasteiger partial charge < -0.3 is 10.5 Å². The minimum Gasteiger partial charge on any atom is -0.457 e. The van der Waals surface area contributed by atoms with Crippen molar-refractivity contribution in [3.05, 3.63) is 66.4 Å². The molecule has 0 bridgehead atoms. The highest BCUT2D eigenvalue weighted by atomic mass is 16.5. The first kappa shape index (κ1) is 13.6. The molecule has 0 aliphatic carbocycles. The van der Waals surface area contributed by atoms with Gasteiger partial charge in [0.25, 0.3) is 0 Å². The van der Waals surface area contributed by atoms with Crippen molar-refractivity contribution in [2.24, 2.45) is 5.73 Å². The average molecular weight is 278 g/mol. The second-order valence-electron chi connectivity index (χ2n) is 5.04. The molecule has 1 atom stereocenters. The Labute approximate surface area is 124 Å². The quantitative estimate of drug-likeness (QED) is 0.767. The van der Waals surface area contributed by atoms with Gasteiger partial charge in [0.2, 0.25) is 0 Å². The molecule has 21 heavy (non-hydrogen) atoms. The van der Waals surface area contributed by atoms with Crippen LogP contribution in [0.15, 0.2) is 60.8 Å². The molecule has 0 saturated heterocycles. The van der Waals surface area contributed by atoms with Crippen LogP contribution in [0.25, 0.3) is 10.9 Å². The van der Waals surface area contributed by atoms with Crippen LogP contribution in [0.4, 0.5) is 0 Å². The summed E-state index contributed by atoms with van der Waals surface area (Å²) in [4.78, 5) is 4.34. The van der Waals surface area contributed by atoms with E-state index in [4.69, 9.17) is 10.5 Å². The lowest BCUT2D eigenvalue weighted by Crippen LogP contribution is -2.07. The molecular weight excluding hydrogens is 260 g/mol. The molecule has 0 radical (unpaired) electrons. The van der Waals surface area contributed by atoms with Crippen LogP contribution < -0.4 is 10.5 Å². The molecule has 0 aliphatic rings. The van der Waals surface area contributed by atoms with Crippen LogP contribution in [0.3, 0.4) is 0 Å². The molecule has 0 saturated carbocycles. The molecule has 1 heterocycles. The zero-order valence-electron chi connectivity index (χ0n) is 12.0. The van der Waals surface area contributed by atoms with Gasteiger partial charge in [-0.2, -0.15) is 0 Å². The summed E-state index contributed by atoms with van der Waals surface area (Å²) in [5.74, 6) is 1.59. The summed E-state index contributed by atoms with van der Waals surface area (Å²) in [6.45, 7) is 2.08. The Morgan fingerprint density at radius 2 is 1.81 bits per heavy atom. The highest BCUT2D eigenvalue weighted by Gasteiger charge is 2.04. The third-order valence-corrected chi connectivity index (χ3v) is 3.56. The van der Waals surface area contributed by atoms with E-state index in [1.165, 1.54) is 0 Å². The third kappa shape index (κ3) is 3.03. The summed E-state index contributed by atoms with van der Waals surface area (Å²) in [6, 6.07) is 17.9. The number of aromatic nitrogens is 1. The molecular formula is C18H18N2O. The van der Waals surface area contributed by atoms with E-state index in [9.17, 15) is 0 Å². The number of pyridine rings is 1. The second kappa shape index (κ2) is 5.94.